The molecule has 0 radical (unpaired) electrons. The summed E-state index contributed by atoms with van der Waals surface area (Å²) in [5, 5.41) is 19.0. The predicted molar refractivity (Wildman–Crippen MR) is 95.6 cm³/mol. The second-order valence-electron chi connectivity index (χ2n) is 5.52. The Morgan fingerprint density at radius 3 is 1.81 bits per heavy atom. The fourth-order valence-corrected chi connectivity index (χ4v) is 2.52. The number of phenols is 2. The number of carbonyl (C=O) groups is 1. The molecule has 0 aliphatic rings. The number of phenolic OH excluding ortho intramolecular Hbond substituents is 2. The number of nitrogens with zero attached hydrogens (tertiary/aromatic N) is 1. The zero-order valence-electron chi connectivity index (χ0n) is 13.9. The number of amides is 1. The summed E-state index contributed by atoms with van der Waals surface area (Å²) in [6.07, 6.45) is 0. The van der Waals surface area contributed by atoms with Gasteiger partial charge < -0.3 is 14.9 Å². The van der Waals surface area contributed by atoms with Crippen molar-refractivity contribution in [1.82, 2.24) is 0 Å². The Morgan fingerprint density at radius 2 is 1.38 bits per heavy atom. The van der Waals surface area contributed by atoms with E-state index in [1.807, 2.05) is 0 Å². The topological polar surface area (TPSA) is 70.0 Å². The summed E-state index contributed by atoms with van der Waals surface area (Å²) in [4.78, 5) is 14.4. The lowest BCUT2D eigenvalue weighted by Gasteiger charge is -2.23. The average Bonchev–Trinajstić information content (AvgIpc) is 2.65. The van der Waals surface area contributed by atoms with Crippen LogP contribution in [0.1, 0.15) is 10.4 Å². The van der Waals surface area contributed by atoms with Gasteiger partial charge in [-0.05, 0) is 66.7 Å². The maximum atomic E-state index is 14.0. The molecule has 3 aromatic carbocycles. The number of anilines is 2. The monoisotopic (exact) mass is 353 g/mol. The van der Waals surface area contributed by atoms with Gasteiger partial charge in [-0.1, -0.05) is 0 Å². The van der Waals surface area contributed by atoms with E-state index in [4.69, 9.17) is 4.74 Å². The molecule has 0 saturated carbocycles. The lowest BCUT2D eigenvalue weighted by molar-refractivity contribution is 0.0998. The van der Waals surface area contributed by atoms with Crippen LogP contribution in [0, 0.1) is 5.82 Å². The highest BCUT2D eigenvalue weighted by atomic mass is 19.1. The maximum Gasteiger partial charge on any atom is 0.262 e. The molecule has 5 nitrogen and oxygen atoms in total. The minimum Gasteiger partial charge on any atom is -0.508 e. The van der Waals surface area contributed by atoms with Crippen molar-refractivity contribution in [3.05, 3.63) is 78.1 Å². The first-order valence-corrected chi connectivity index (χ1v) is 7.75. The molecule has 132 valence electrons. The predicted octanol–water partition coefficient (Wildman–Crippen LogP) is 4.22. The Bertz CT molecular complexity index is 878. The number of halogens is 1. The van der Waals surface area contributed by atoms with Crippen LogP contribution in [0.3, 0.4) is 0 Å². The second-order valence-corrected chi connectivity index (χ2v) is 5.52. The molecule has 0 aliphatic heterocycles. The van der Waals surface area contributed by atoms with Crippen LogP contribution in [-0.2, 0) is 0 Å². The smallest absolute Gasteiger partial charge is 0.262 e. The molecule has 6 heteroatoms. The Kier molecular flexibility index (Phi) is 4.75. The summed E-state index contributed by atoms with van der Waals surface area (Å²) in [5.41, 5.74) is 1.09. The van der Waals surface area contributed by atoms with Crippen molar-refractivity contribution in [1.29, 1.82) is 0 Å². The molecular formula is C20H16FNO4. The molecule has 0 spiro atoms. The van der Waals surface area contributed by atoms with Crippen molar-refractivity contribution in [2.75, 3.05) is 12.0 Å². The van der Waals surface area contributed by atoms with E-state index < -0.39 is 11.7 Å². The highest BCUT2D eigenvalue weighted by Crippen LogP contribution is 2.31. The molecule has 0 atom stereocenters. The fraction of sp³-hybridized carbons (Fsp3) is 0.0500. The molecule has 0 aliphatic carbocycles. The van der Waals surface area contributed by atoms with Crippen molar-refractivity contribution in [2.45, 2.75) is 0 Å². The van der Waals surface area contributed by atoms with Crippen LogP contribution < -0.4 is 9.64 Å². The summed E-state index contributed by atoms with van der Waals surface area (Å²) in [6.45, 7) is 0. The molecule has 3 rings (SSSR count). The highest BCUT2D eigenvalue weighted by Gasteiger charge is 2.21. The third-order valence-corrected chi connectivity index (χ3v) is 3.82. The number of hydrogen-bond acceptors (Lipinski definition) is 4. The van der Waals surface area contributed by atoms with Crippen molar-refractivity contribution < 1.29 is 24.1 Å². The minimum atomic E-state index is -0.644. The Hall–Kier alpha value is -3.54. The highest BCUT2D eigenvalue weighted by molar-refractivity contribution is 6.11. The molecule has 0 bridgehead atoms. The first-order valence-electron chi connectivity index (χ1n) is 7.75. The minimum absolute atomic E-state index is 0.0439. The first-order chi connectivity index (χ1) is 12.5. The van der Waals surface area contributed by atoms with Crippen LogP contribution in [0.4, 0.5) is 15.8 Å². The zero-order valence-corrected chi connectivity index (χ0v) is 13.9. The summed E-state index contributed by atoms with van der Waals surface area (Å²) in [7, 11) is 1.35. The largest absolute Gasteiger partial charge is 0.508 e. The number of carbonyl (C=O) groups excluding carboxylic acids is 1. The lowest BCUT2D eigenvalue weighted by Crippen LogP contribution is -2.26. The summed E-state index contributed by atoms with van der Waals surface area (Å²) in [6, 6.07) is 16.0. The Balaban J connectivity index is 2.07. The molecule has 1 amide bonds. The van der Waals surface area contributed by atoms with Gasteiger partial charge in [0.2, 0.25) is 0 Å². The van der Waals surface area contributed by atoms with Gasteiger partial charge in [0, 0.05) is 16.9 Å². The van der Waals surface area contributed by atoms with Crippen molar-refractivity contribution in [2.24, 2.45) is 0 Å². The van der Waals surface area contributed by atoms with E-state index in [-0.39, 0.29) is 22.8 Å². The molecule has 3 aromatic rings. The number of methoxy groups -OCH3 is 1. The molecule has 0 unspecified atom stereocenters. The van der Waals surface area contributed by atoms with Gasteiger partial charge >= 0.3 is 0 Å². The first kappa shape index (κ1) is 17.3. The number of hydrogen-bond donors (Lipinski definition) is 2. The third kappa shape index (κ3) is 3.44. The van der Waals surface area contributed by atoms with Gasteiger partial charge in [0.1, 0.15) is 11.5 Å². The lowest BCUT2D eigenvalue weighted by atomic mass is 10.1. The Morgan fingerprint density at radius 1 is 0.885 bits per heavy atom. The van der Waals surface area contributed by atoms with E-state index in [0.29, 0.717) is 11.4 Å². The number of benzene rings is 3. The summed E-state index contributed by atoms with van der Waals surface area (Å²) < 4.78 is 18.9. The molecule has 2 N–H and O–H groups in total. The summed E-state index contributed by atoms with van der Waals surface area (Å²) in [5.74, 6) is -0.954. The van der Waals surface area contributed by atoms with Gasteiger partial charge in [0.25, 0.3) is 5.91 Å². The van der Waals surface area contributed by atoms with Crippen LogP contribution >= 0.6 is 0 Å². The van der Waals surface area contributed by atoms with Gasteiger partial charge in [-0.2, -0.15) is 0 Å². The number of ether oxygens (including phenoxy) is 1. The quantitative estimate of drug-likeness (QED) is 0.737. The third-order valence-electron chi connectivity index (χ3n) is 3.82. The van der Waals surface area contributed by atoms with Crippen LogP contribution in [0.2, 0.25) is 0 Å². The molecule has 0 saturated heterocycles. The summed E-state index contributed by atoms with van der Waals surface area (Å²) >= 11 is 0. The van der Waals surface area contributed by atoms with E-state index in [0.717, 1.165) is 6.07 Å². The average molecular weight is 353 g/mol. The van der Waals surface area contributed by atoms with Gasteiger partial charge in [0.15, 0.2) is 11.6 Å². The molecule has 26 heavy (non-hydrogen) atoms. The number of aromatic hydroxyl groups is 2. The van der Waals surface area contributed by atoms with Crippen molar-refractivity contribution in [3.63, 3.8) is 0 Å². The molecule has 0 heterocycles. The molecular weight excluding hydrogens is 337 g/mol. The van der Waals surface area contributed by atoms with Crippen molar-refractivity contribution >= 4 is 17.3 Å². The van der Waals surface area contributed by atoms with Crippen LogP contribution in [0.5, 0.6) is 17.2 Å². The van der Waals surface area contributed by atoms with E-state index in [1.165, 1.54) is 48.4 Å². The fourth-order valence-electron chi connectivity index (χ4n) is 2.52. The van der Waals surface area contributed by atoms with E-state index in [1.54, 1.807) is 24.3 Å². The molecule has 0 aromatic heterocycles. The second kappa shape index (κ2) is 7.14. The van der Waals surface area contributed by atoms with Crippen LogP contribution in [-0.4, -0.2) is 23.2 Å². The van der Waals surface area contributed by atoms with Crippen LogP contribution in [0.25, 0.3) is 0 Å². The maximum absolute atomic E-state index is 14.0. The van der Waals surface area contributed by atoms with Gasteiger partial charge in [-0.15, -0.1) is 0 Å². The zero-order chi connectivity index (χ0) is 18.7. The normalized spacial score (nSPS) is 10.4. The Labute approximate surface area is 149 Å². The van der Waals surface area contributed by atoms with E-state index in [9.17, 15) is 19.4 Å². The van der Waals surface area contributed by atoms with E-state index >= 15 is 0 Å². The standard InChI is InChI=1S/C20H16FNO4/c1-26-19-11-2-13(12-18(19)21)20(25)22(14-3-7-16(23)8-4-14)15-5-9-17(24)10-6-15/h2-12,23-24H,1H3. The van der Waals surface area contributed by atoms with Gasteiger partial charge in [-0.25, -0.2) is 4.39 Å². The number of rotatable bonds is 4. The van der Waals surface area contributed by atoms with Crippen molar-refractivity contribution in [3.8, 4) is 17.2 Å². The van der Waals surface area contributed by atoms with Crippen LogP contribution in [0.15, 0.2) is 66.7 Å². The van der Waals surface area contributed by atoms with Gasteiger partial charge in [0.05, 0.1) is 7.11 Å². The molecule has 0 fully saturated rings. The van der Waals surface area contributed by atoms with E-state index in [2.05, 4.69) is 0 Å². The SMILES string of the molecule is COc1ccc(C(=O)N(c2ccc(O)cc2)c2ccc(O)cc2)cc1F. The van der Waals surface area contributed by atoms with Gasteiger partial charge in [-0.3, -0.25) is 9.69 Å².